The summed E-state index contributed by atoms with van der Waals surface area (Å²) >= 11 is 0. The number of nitrogens with zero attached hydrogens (tertiary/aromatic N) is 4. The molecule has 0 aliphatic rings. The van der Waals surface area contributed by atoms with E-state index in [9.17, 15) is 0 Å². The zero-order valence-electron chi connectivity index (χ0n) is 13.6. The van der Waals surface area contributed by atoms with Crippen LogP contribution in [0.15, 0.2) is 6.07 Å². The second-order valence-corrected chi connectivity index (χ2v) is 5.51. The molecule has 114 valence electrons. The smallest absolute Gasteiger partial charge is 0.222 e. The van der Waals surface area contributed by atoms with E-state index in [1.165, 1.54) is 0 Å². The van der Waals surface area contributed by atoms with Crippen LogP contribution in [0.4, 0.5) is 5.82 Å². The summed E-state index contributed by atoms with van der Waals surface area (Å²) in [7, 11) is 5.35. The quantitative estimate of drug-likeness (QED) is 0.916. The van der Waals surface area contributed by atoms with Crippen LogP contribution in [0, 0.1) is 12.8 Å². The van der Waals surface area contributed by atoms with E-state index in [0.29, 0.717) is 17.6 Å². The van der Waals surface area contributed by atoms with E-state index in [0.717, 1.165) is 29.2 Å². The van der Waals surface area contributed by atoms with Crippen LogP contribution in [0.2, 0.25) is 0 Å². The van der Waals surface area contributed by atoms with E-state index in [-0.39, 0.29) is 0 Å². The number of nitrogens with one attached hydrogen (secondary N) is 1. The van der Waals surface area contributed by atoms with Crippen LogP contribution < -0.4 is 10.1 Å². The predicted molar refractivity (Wildman–Crippen MR) is 83.6 cm³/mol. The van der Waals surface area contributed by atoms with Crippen molar-refractivity contribution in [3.05, 3.63) is 17.5 Å². The molecule has 0 unspecified atom stereocenters. The number of anilines is 1. The summed E-state index contributed by atoms with van der Waals surface area (Å²) in [5, 5.41) is 7.49. The second kappa shape index (κ2) is 6.11. The molecule has 2 heterocycles. The van der Waals surface area contributed by atoms with E-state index in [4.69, 9.17) is 9.72 Å². The van der Waals surface area contributed by atoms with Gasteiger partial charge < -0.3 is 10.1 Å². The second-order valence-electron chi connectivity index (χ2n) is 5.51. The highest BCUT2D eigenvalue weighted by Crippen LogP contribution is 2.31. The highest BCUT2D eigenvalue weighted by atomic mass is 16.5. The lowest BCUT2D eigenvalue weighted by Gasteiger charge is -2.10. The Kier molecular flexibility index (Phi) is 4.45. The molecule has 0 aliphatic carbocycles. The van der Waals surface area contributed by atoms with Gasteiger partial charge in [-0.25, -0.2) is 14.6 Å². The van der Waals surface area contributed by atoms with Crippen molar-refractivity contribution in [2.24, 2.45) is 13.0 Å². The van der Waals surface area contributed by atoms with Gasteiger partial charge in [0.15, 0.2) is 5.82 Å². The average molecular weight is 289 g/mol. The fourth-order valence-corrected chi connectivity index (χ4v) is 2.39. The van der Waals surface area contributed by atoms with Crippen molar-refractivity contribution in [2.45, 2.75) is 27.2 Å². The van der Waals surface area contributed by atoms with Gasteiger partial charge in [-0.3, -0.25) is 0 Å². The van der Waals surface area contributed by atoms with Gasteiger partial charge in [0.05, 0.1) is 12.8 Å². The first-order chi connectivity index (χ1) is 9.96. The van der Waals surface area contributed by atoms with E-state index in [1.54, 1.807) is 11.8 Å². The Balaban J connectivity index is 2.57. The highest BCUT2D eigenvalue weighted by molar-refractivity contribution is 5.66. The maximum Gasteiger partial charge on any atom is 0.222 e. The van der Waals surface area contributed by atoms with Gasteiger partial charge in [0.2, 0.25) is 5.88 Å². The largest absolute Gasteiger partial charge is 0.481 e. The van der Waals surface area contributed by atoms with Crippen LogP contribution in [-0.2, 0) is 13.5 Å². The summed E-state index contributed by atoms with van der Waals surface area (Å²) in [6.45, 7) is 6.29. The van der Waals surface area contributed by atoms with Crippen molar-refractivity contribution in [1.82, 2.24) is 19.7 Å². The highest BCUT2D eigenvalue weighted by Gasteiger charge is 2.19. The maximum atomic E-state index is 5.45. The molecule has 0 bridgehead atoms. The lowest BCUT2D eigenvalue weighted by Crippen LogP contribution is -2.04. The molecule has 0 saturated heterocycles. The van der Waals surface area contributed by atoms with Crippen molar-refractivity contribution in [1.29, 1.82) is 0 Å². The topological polar surface area (TPSA) is 64.9 Å². The van der Waals surface area contributed by atoms with Crippen molar-refractivity contribution < 1.29 is 4.74 Å². The van der Waals surface area contributed by atoms with Gasteiger partial charge in [0.25, 0.3) is 0 Å². The average Bonchev–Trinajstić information content (AvgIpc) is 2.71. The normalized spacial score (nSPS) is 11.0. The van der Waals surface area contributed by atoms with Gasteiger partial charge in [-0.2, -0.15) is 5.10 Å². The molecule has 21 heavy (non-hydrogen) atoms. The molecule has 6 heteroatoms. The zero-order chi connectivity index (χ0) is 15.6. The van der Waals surface area contributed by atoms with Gasteiger partial charge in [-0.15, -0.1) is 0 Å². The number of rotatable bonds is 5. The van der Waals surface area contributed by atoms with Crippen molar-refractivity contribution in [3.8, 4) is 17.3 Å². The fraction of sp³-hybridized carbons (Fsp3) is 0.533. The molecule has 0 aliphatic heterocycles. The van der Waals surface area contributed by atoms with Gasteiger partial charge in [-0.1, -0.05) is 13.8 Å². The summed E-state index contributed by atoms with van der Waals surface area (Å²) < 4.78 is 7.16. The predicted octanol–water partition coefficient (Wildman–Crippen LogP) is 2.43. The zero-order valence-corrected chi connectivity index (χ0v) is 13.6. The van der Waals surface area contributed by atoms with Crippen LogP contribution >= 0.6 is 0 Å². The lowest BCUT2D eigenvalue weighted by atomic mass is 10.1. The van der Waals surface area contributed by atoms with Crippen LogP contribution in [0.3, 0.4) is 0 Å². The molecule has 2 rings (SSSR count). The molecule has 0 radical (unpaired) electrons. The molecule has 6 nitrogen and oxygen atoms in total. The molecular formula is C15H23N5O. The standard InChI is InChI=1S/C15H23N5O/c1-9(2)7-11-8-12(16-4)18-14(17-11)13-10(3)19-20(5)15(13)21-6/h8-9H,7H2,1-6H3,(H,16,17,18). The summed E-state index contributed by atoms with van der Waals surface area (Å²) in [5.74, 6) is 2.67. The van der Waals surface area contributed by atoms with Crippen LogP contribution in [-0.4, -0.2) is 33.9 Å². The molecule has 0 spiro atoms. The molecule has 0 aromatic carbocycles. The summed E-state index contributed by atoms with van der Waals surface area (Å²) in [6.07, 6.45) is 0.909. The Labute approximate surface area is 125 Å². The molecule has 1 N–H and O–H groups in total. The number of hydrogen-bond acceptors (Lipinski definition) is 5. The van der Waals surface area contributed by atoms with Crippen LogP contribution in [0.25, 0.3) is 11.4 Å². The minimum atomic E-state index is 0.536. The Morgan fingerprint density at radius 2 is 2.05 bits per heavy atom. The number of aromatic nitrogens is 4. The number of aryl methyl sites for hydroxylation is 2. The minimum Gasteiger partial charge on any atom is -0.481 e. The maximum absolute atomic E-state index is 5.45. The summed E-state index contributed by atoms with van der Waals surface area (Å²) in [4.78, 5) is 9.25. The molecular weight excluding hydrogens is 266 g/mol. The van der Waals surface area contributed by atoms with Crippen molar-refractivity contribution in [2.75, 3.05) is 19.5 Å². The molecule has 0 amide bonds. The van der Waals surface area contributed by atoms with Crippen molar-refractivity contribution in [3.63, 3.8) is 0 Å². The first-order valence-corrected chi connectivity index (χ1v) is 7.10. The Bertz CT molecular complexity index is 633. The lowest BCUT2D eigenvalue weighted by molar-refractivity contribution is 0.374. The van der Waals surface area contributed by atoms with E-state index < -0.39 is 0 Å². The van der Waals surface area contributed by atoms with Gasteiger partial charge in [0.1, 0.15) is 11.4 Å². The summed E-state index contributed by atoms with van der Waals surface area (Å²) in [5.41, 5.74) is 2.73. The number of ether oxygens (including phenoxy) is 1. The first-order valence-electron chi connectivity index (χ1n) is 7.10. The van der Waals surface area contributed by atoms with Crippen molar-refractivity contribution >= 4 is 5.82 Å². The third-order valence-corrected chi connectivity index (χ3v) is 3.24. The first kappa shape index (κ1) is 15.3. The van der Waals surface area contributed by atoms with Crippen LogP contribution in [0.1, 0.15) is 25.2 Å². The third kappa shape index (κ3) is 3.15. The van der Waals surface area contributed by atoms with E-state index in [2.05, 4.69) is 29.2 Å². The Hall–Kier alpha value is -2.11. The molecule has 0 fully saturated rings. The van der Waals surface area contributed by atoms with Gasteiger partial charge in [0, 0.05) is 25.9 Å². The van der Waals surface area contributed by atoms with Gasteiger partial charge >= 0.3 is 0 Å². The SMILES string of the molecule is CNc1cc(CC(C)C)nc(-c2c(C)nn(C)c2OC)n1. The number of methoxy groups -OCH3 is 1. The fourth-order valence-electron chi connectivity index (χ4n) is 2.39. The number of hydrogen-bond donors (Lipinski definition) is 1. The van der Waals surface area contributed by atoms with Crippen LogP contribution in [0.5, 0.6) is 5.88 Å². The molecule has 2 aromatic rings. The van der Waals surface area contributed by atoms with E-state index >= 15 is 0 Å². The van der Waals surface area contributed by atoms with Gasteiger partial charge in [-0.05, 0) is 19.3 Å². The molecule has 2 aromatic heterocycles. The third-order valence-electron chi connectivity index (χ3n) is 3.24. The Morgan fingerprint density at radius 3 is 2.62 bits per heavy atom. The molecule has 0 saturated carbocycles. The monoisotopic (exact) mass is 289 g/mol. The van der Waals surface area contributed by atoms with E-state index in [1.807, 2.05) is 27.1 Å². The summed E-state index contributed by atoms with van der Waals surface area (Å²) in [6, 6.07) is 1.99. The molecule has 0 atom stereocenters. The minimum absolute atomic E-state index is 0.536. The Morgan fingerprint density at radius 1 is 1.33 bits per heavy atom.